The number of carbonyl (C=O) groups excluding carboxylic acids is 2. The van der Waals surface area contributed by atoms with Gasteiger partial charge in [0.05, 0.1) is 24.6 Å². The monoisotopic (exact) mass is 434 g/mol. The second-order valence-corrected chi connectivity index (χ2v) is 7.88. The van der Waals surface area contributed by atoms with Gasteiger partial charge in [-0.05, 0) is 49.4 Å². The quantitative estimate of drug-likeness (QED) is 0.640. The minimum Gasteiger partial charge on any atom is -0.497 e. The molecule has 1 aromatic carbocycles. The Balaban J connectivity index is 1.37. The first kappa shape index (κ1) is 21.5. The number of nitrogens with zero attached hydrogens (tertiary/aromatic N) is 5. The van der Waals surface area contributed by atoms with Gasteiger partial charge in [-0.3, -0.25) is 19.3 Å². The van der Waals surface area contributed by atoms with E-state index in [9.17, 15) is 9.59 Å². The zero-order chi connectivity index (χ0) is 22.5. The largest absolute Gasteiger partial charge is 0.497 e. The average molecular weight is 435 g/mol. The smallest absolute Gasteiger partial charge is 0.274 e. The summed E-state index contributed by atoms with van der Waals surface area (Å²) < 4.78 is 6.83. The van der Waals surface area contributed by atoms with Crippen LogP contribution in [0.1, 0.15) is 39.4 Å². The highest BCUT2D eigenvalue weighted by Gasteiger charge is 2.27. The Bertz CT molecular complexity index is 1070. The molecule has 1 N–H and O–H groups in total. The van der Waals surface area contributed by atoms with Crippen molar-refractivity contribution in [1.29, 1.82) is 0 Å². The minimum atomic E-state index is -0.187. The Labute approximate surface area is 186 Å². The van der Waals surface area contributed by atoms with Crippen LogP contribution in [0.4, 0.5) is 5.69 Å². The van der Waals surface area contributed by atoms with Crippen molar-refractivity contribution in [2.45, 2.75) is 19.3 Å². The first-order chi connectivity index (χ1) is 15.5. The summed E-state index contributed by atoms with van der Waals surface area (Å²) in [7, 11) is 3.42. The summed E-state index contributed by atoms with van der Waals surface area (Å²) in [5, 5.41) is 7.46. The molecular formula is C23H26N6O3. The van der Waals surface area contributed by atoms with Gasteiger partial charge in [0.25, 0.3) is 11.8 Å². The van der Waals surface area contributed by atoms with E-state index in [4.69, 9.17) is 4.74 Å². The number of anilines is 1. The molecule has 0 unspecified atom stereocenters. The van der Waals surface area contributed by atoms with Crippen molar-refractivity contribution in [3.63, 3.8) is 0 Å². The molecule has 3 heterocycles. The molecule has 0 atom stereocenters. The number of hydrogen-bond acceptors (Lipinski definition) is 6. The van der Waals surface area contributed by atoms with Gasteiger partial charge in [-0.15, -0.1) is 0 Å². The van der Waals surface area contributed by atoms with Crippen LogP contribution in [-0.2, 0) is 13.5 Å². The summed E-state index contributed by atoms with van der Waals surface area (Å²) in [4.78, 5) is 35.3. The maximum absolute atomic E-state index is 12.9. The Hall–Kier alpha value is -3.75. The van der Waals surface area contributed by atoms with Gasteiger partial charge < -0.3 is 15.0 Å². The van der Waals surface area contributed by atoms with Crippen molar-refractivity contribution in [3.8, 4) is 5.75 Å². The van der Waals surface area contributed by atoms with E-state index in [1.807, 2.05) is 11.9 Å². The first-order valence-electron chi connectivity index (χ1n) is 10.6. The van der Waals surface area contributed by atoms with Gasteiger partial charge in [-0.25, -0.2) is 4.98 Å². The first-order valence-corrected chi connectivity index (χ1v) is 10.6. The van der Waals surface area contributed by atoms with Crippen LogP contribution >= 0.6 is 0 Å². The molecule has 1 aliphatic heterocycles. The summed E-state index contributed by atoms with van der Waals surface area (Å²) in [6, 6.07) is 7.21. The van der Waals surface area contributed by atoms with Crippen LogP contribution in [0.25, 0.3) is 0 Å². The van der Waals surface area contributed by atoms with Crippen LogP contribution in [0.2, 0.25) is 0 Å². The number of aryl methyl sites for hydroxylation is 1. The van der Waals surface area contributed by atoms with Crippen LogP contribution < -0.4 is 10.1 Å². The number of aromatic nitrogens is 4. The van der Waals surface area contributed by atoms with Gasteiger partial charge in [-0.2, -0.15) is 5.10 Å². The zero-order valence-corrected chi connectivity index (χ0v) is 18.2. The lowest BCUT2D eigenvalue weighted by Gasteiger charge is -2.31. The van der Waals surface area contributed by atoms with E-state index < -0.39 is 0 Å². The van der Waals surface area contributed by atoms with Gasteiger partial charge in [-0.1, -0.05) is 0 Å². The van der Waals surface area contributed by atoms with Gasteiger partial charge in [0.1, 0.15) is 11.4 Å². The molecule has 0 radical (unpaired) electrons. The molecule has 3 aromatic rings. The summed E-state index contributed by atoms with van der Waals surface area (Å²) >= 11 is 0. The molecule has 1 fully saturated rings. The molecule has 2 aromatic heterocycles. The predicted molar refractivity (Wildman–Crippen MR) is 119 cm³/mol. The van der Waals surface area contributed by atoms with Crippen molar-refractivity contribution in [1.82, 2.24) is 24.6 Å². The average Bonchev–Trinajstić information content (AvgIpc) is 3.20. The summed E-state index contributed by atoms with van der Waals surface area (Å²) in [5.41, 5.74) is 2.41. The molecule has 9 heteroatoms. The van der Waals surface area contributed by atoms with Crippen LogP contribution in [0.3, 0.4) is 0 Å². The molecule has 0 bridgehead atoms. The fourth-order valence-corrected chi connectivity index (χ4v) is 3.93. The van der Waals surface area contributed by atoms with Crippen LogP contribution in [0.5, 0.6) is 5.75 Å². The van der Waals surface area contributed by atoms with Crippen molar-refractivity contribution < 1.29 is 14.3 Å². The van der Waals surface area contributed by atoms with Gasteiger partial charge in [0.15, 0.2) is 0 Å². The Kier molecular flexibility index (Phi) is 6.44. The fraction of sp³-hybridized carbons (Fsp3) is 0.348. The Morgan fingerprint density at radius 1 is 1.16 bits per heavy atom. The van der Waals surface area contributed by atoms with Crippen LogP contribution in [0, 0.1) is 5.92 Å². The third-order valence-electron chi connectivity index (χ3n) is 5.66. The number of likely N-dealkylation sites (tertiary alicyclic amines) is 1. The van der Waals surface area contributed by atoms with Crippen molar-refractivity contribution in [2.24, 2.45) is 13.0 Å². The number of ether oxygens (including phenoxy) is 1. The number of piperidine rings is 1. The summed E-state index contributed by atoms with van der Waals surface area (Å²) in [6.45, 7) is 1.31. The lowest BCUT2D eigenvalue weighted by atomic mass is 9.91. The maximum Gasteiger partial charge on any atom is 0.274 e. The van der Waals surface area contributed by atoms with E-state index in [0.717, 1.165) is 24.3 Å². The Morgan fingerprint density at radius 2 is 1.91 bits per heavy atom. The third kappa shape index (κ3) is 4.93. The van der Waals surface area contributed by atoms with Gasteiger partial charge in [0, 0.05) is 44.4 Å². The van der Waals surface area contributed by atoms with Gasteiger partial charge >= 0.3 is 0 Å². The van der Waals surface area contributed by atoms with Crippen molar-refractivity contribution in [3.05, 3.63) is 66.0 Å². The molecule has 1 aliphatic rings. The number of nitrogens with one attached hydrogen (secondary N) is 1. The SMILES string of the molecule is COc1ccc(NC(=O)c2cn(C)nc2CC2CCN(C(=O)c3cnccn3)CC2)cc1. The highest BCUT2D eigenvalue weighted by atomic mass is 16.5. The standard InChI is InChI=1S/C23H26N6O3/c1-28-15-19(22(30)26-17-3-5-18(32-2)6-4-17)20(27-28)13-16-7-11-29(12-8-16)23(31)21-14-24-9-10-25-21/h3-6,9-10,14-16H,7-8,11-13H2,1-2H3,(H,26,30). The highest BCUT2D eigenvalue weighted by Crippen LogP contribution is 2.24. The number of benzene rings is 1. The fourth-order valence-electron chi connectivity index (χ4n) is 3.93. The van der Waals surface area contributed by atoms with Crippen molar-refractivity contribution >= 4 is 17.5 Å². The van der Waals surface area contributed by atoms with E-state index >= 15 is 0 Å². The van der Waals surface area contributed by atoms with Crippen LogP contribution in [-0.4, -0.2) is 56.7 Å². The molecule has 1 saturated heterocycles. The van der Waals surface area contributed by atoms with E-state index in [1.165, 1.54) is 12.4 Å². The van der Waals surface area contributed by atoms with Gasteiger partial charge in [0.2, 0.25) is 0 Å². The number of hydrogen-bond donors (Lipinski definition) is 1. The molecule has 0 aliphatic carbocycles. The number of rotatable bonds is 6. The molecular weight excluding hydrogens is 408 g/mol. The second-order valence-electron chi connectivity index (χ2n) is 7.88. The lowest BCUT2D eigenvalue weighted by Crippen LogP contribution is -2.39. The molecule has 0 saturated carbocycles. The van der Waals surface area contributed by atoms with E-state index in [1.54, 1.807) is 48.5 Å². The maximum atomic E-state index is 12.9. The number of methoxy groups -OCH3 is 1. The minimum absolute atomic E-state index is 0.0889. The molecule has 32 heavy (non-hydrogen) atoms. The molecule has 4 rings (SSSR count). The number of amides is 2. The van der Waals surface area contributed by atoms with E-state index in [2.05, 4.69) is 20.4 Å². The van der Waals surface area contributed by atoms with Crippen molar-refractivity contribution in [2.75, 3.05) is 25.5 Å². The number of carbonyl (C=O) groups is 2. The predicted octanol–water partition coefficient (Wildman–Crippen LogP) is 2.57. The third-order valence-corrected chi connectivity index (χ3v) is 5.66. The van der Waals surface area contributed by atoms with E-state index in [-0.39, 0.29) is 11.8 Å². The second kappa shape index (κ2) is 9.59. The normalized spacial score (nSPS) is 14.2. The molecule has 166 valence electrons. The molecule has 2 amide bonds. The lowest BCUT2D eigenvalue weighted by molar-refractivity contribution is 0.0683. The Morgan fingerprint density at radius 3 is 2.56 bits per heavy atom. The van der Waals surface area contributed by atoms with Crippen LogP contribution in [0.15, 0.2) is 49.1 Å². The molecule has 0 spiro atoms. The molecule has 9 nitrogen and oxygen atoms in total. The van der Waals surface area contributed by atoms with E-state index in [0.29, 0.717) is 42.4 Å². The topological polar surface area (TPSA) is 102 Å². The zero-order valence-electron chi connectivity index (χ0n) is 18.2. The summed E-state index contributed by atoms with van der Waals surface area (Å²) in [5.74, 6) is 0.806. The summed E-state index contributed by atoms with van der Waals surface area (Å²) in [6.07, 6.45) is 8.72. The highest BCUT2D eigenvalue weighted by molar-refractivity contribution is 6.05.